The normalized spacial score (nSPS) is 20.4. The van der Waals surface area contributed by atoms with Gasteiger partial charge in [-0.05, 0) is 51.3 Å². The Morgan fingerprint density at radius 3 is 2.80 bits per heavy atom. The number of ether oxygens (including phenoxy) is 2. The molecule has 20 heavy (non-hydrogen) atoms. The van der Waals surface area contributed by atoms with Gasteiger partial charge in [0.15, 0.2) is 11.6 Å². The summed E-state index contributed by atoms with van der Waals surface area (Å²) in [4.78, 5) is 0. The van der Waals surface area contributed by atoms with Crippen molar-refractivity contribution in [3.05, 3.63) is 29.6 Å². The summed E-state index contributed by atoms with van der Waals surface area (Å²) < 4.78 is 24.9. The Bertz CT molecular complexity index is 430. The highest BCUT2D eigenvalue weighted by Gasteiger charge is 2.17. The van der Waals surface area contributed by atoms with Crippen LogP contribution in [0.2, 0.25) is 0 Å². The van der Waals surface area contributed by atoms with Gasteiger partial charge in [0.05, 0.1) is 12.2 Å². The van der Waals surface area contributed by atoms with E-state index < -0.39 is 0 Å². The number of benzene rings is 1. The van der Waals surface area contributed by atoms with Gasteiger partial charge in [0.2, 0.25) is 0 Å². The average Bonchev–Trinajstić information content (AvgIpc) is 2.91. The first kappa shape index (κ1) is 15.3. The van der Waals surface area contributed by atoms with Crippen LogP contribution >= 0.6 is 0 Å². The van der Waals surface area contributed by atoms with Gasteiger partial charge in [0.25, 0.3) is 0 Å². The highest BCUT2D eigenvalue weighted by atomic mass is 19.1. The van der Waals surface area contributed by atoms with Gasteiger partial charge < -0.3 is 14.8 Å². The highest BCUT2D eigenvalue weighted by molar-refractivity contribution is 5.31. The fraction of sp³-hybridized carbons (Fsp3) is 0.625. The summed E-state index contributed by atoms with van der Waals surface area (Å²) in [5.74, 6) is 0.0112. The largest absolute Gasteiger partial charge is 0.488 e. The predicted molar refractivity (Wildman–Crippen MR) is 77.6 cm³/mol. The molecule has 4 heteroatoms. The lowest BCUT2D eigenvalue weighted by molar-refractivity contribution is 0.108. The minimum absolute atomic E-state index is 0.0228. The minimum atomic E-state index is -0.304. The number of hydrogen-bond donors (Lipinski definition) is 1. The lowest BCUT2D eigenvalue weighted by atomic mass is 10.1. The van der Waals surface area contributed by atoms with Crippen molar-refractivity contribution < 1.29 is 13.9 Å². The summed E-state index contributed by atoms with van der Waals surface area (Å²) in [6, 6.07) is 5.26. The van der Waals surface area contributed by atoms with Crippen LogP contribution in [0.5, 0.6) is 5.75 Å². The van der Waals surface area contributed by atoms with Crippen molar-refractivity contribution in [3.63, 3.8) is 0 Å². The van der Waals surface area contributed by atoms with Crippen molar-refractivity contribution in [2.24, 2.45) is 0 Å². The molecule has 0 amide bonds. The fourth-order valence-electron chi connectivity index (χ4n) is 2.37. The van der Waals surface area contributed by atoms with Crippen LogP contribution < -0.4 is 10.1 Å². The third-order valence-electron chi connectivity index (χ3n) is 3.49. The molecule has 1 heterocycles. The van der Waals surface area contributed by atoms with E-state index in [1.807, 2.05) is 26.8 Å². The van der Waals surface area contributed by atoms with Crippen LogP contribution in [0.3, 0.4) is 0 Å². The summed E-state index contributed by atoms with van der Waals surface area (Å²) in [5, 5.41) is 3.40. The molecule has 112 valence electrons. The van der Waals surface area contributed by atoms with Crippen LogP contribution in [0.15, 0.2) is 18.2 Å². The molecule has 1 aliphatic heterocycles. The molecule has 0 bridgehead atoms. The Hall–Kier alpha value is -1.13. The van der Waals surface area contributed by atoms with E-state index in [1.165, 1.54) is 0 Å². The van der Waals surface area contributed by atoms with E-state index in [4.69, 9.17) is 9.47 Å². The van der Waals surface area contributed by atoms with Crippen LogP contribution in [0.25, 0.3) is 0 Å². The highest BCUT2D eigenvalue weighted by Crippen LogP contribution is 2.23. The molecule has 2 atom stereocenters. The third kappa shape index (κ3) is 4.18. The molecule has 3 nitrogen and oxygen atoms in total. The summed E-state index contributed by atoms with van der Waals surface area (Å²) in [6.07, 6.45) is 2.52. The second-order valence-corrected chi connectivity index (χ2v) is 5.62. The molecule has 0 aromatic heterocycles. The molecule has 1 aromatic carbocycles. The predicted octanol–water partition coefficient (Wildman–Crippen LogP) is 3.44. The van der Waals surface area contributed by atoms with E-state index in [2.05, 4.69) is 5.32 Å². The van der Waals surface area contributed by atoms with E-state index in [0.29, 0.717) is 11.9 Å². The van der Waals surface area contributed by atoms with Gasteiger partial charge in [-0.25, -0.2) is 4.39 Å². The van der Waals surface area contributed by atoms with E-state index >= 15 is 0 Å². The van der Waals surface area contributed by atoms with Crippen LogP contribution in [-0.2, 0) is 4.74 Å². The maximum atomic E-state index is 13.9. The Morgan fingerprint density at radius 1 is 1.40 bits per heavy atom. The fourth-order valence-corrected chi connectivity index (χ4v) is 2.37. The molecule has 1 saturated heterocycles. The van der Waals surface area contributed by atoms with Gasteiger partial charge in [0.1, 0.15) is 0 Å². The van der Waals surface area contributed by atoms with Crippen molar-refractivity contribution in [1.82, 2.24) is 5.32 Å². The molecular formula is C16H24FNO2. The molecule has 2 rings (SSSR count). The molecule has 1 N–H and O–H groups in total. The van der Waals surface area contributed by atoms with E-state index in [9.17, 15) is 4.39 Å². The summed E-state index contributed by atoms with van der Waals surface area (Å²) in [5.41, 5.74) is 0.927. The van der Waals surface area contributed by atoms with E-state index in [1.54, 1.807) is 12.1 Å². The van der Waals surface area contributed by atoms with Crippen molar-refractivity contribution in [3.8, 4) is 5.75 Å². The van der Waals surface area contributed by atoms with E-state index in [0.717, 1.165) is 31.6 Å². The molecule has 1 aromatic rings. The number of halogens is 1. The number of nitrogens with one attached hydrogen (secondary N) is 1. The maximum Gasteiger partial charge on any atom is 0.165 e. The maximum absolute atomic E-state index is 13.9. The van der Waals surface area contributed by atoms with Gasteiger partial charge in [-0.15, -0.1) is 0 Å². The molecule has 0 saturated carbocycles. The summed E-state index contributed by atoms with van der Waals surface area (Å²) in [6.45, 7) is 7.48. The molecule has 0 unspecified atom stereocenters. The monoisotopic (exact) mass is 281 g/mol. The van der Waals surface area contributed by atoms with Crippen molar-refractivity contribution >= 4 is 0 Å². The second-order valence-electron chi connectivity index (χ2n) is 5.62. The molecule has 0 aliphatic carbocycles. The smallest absolute Gasteiger partial charge is 0.165 e. The molecule has 0 spiro atoms. The minimum Gasteiger partial charge on any atom is -0.488 e. The third-order valence-corrected chi connectivity index (χ3v) is 3.49. The second kappa shape index (κ2) is 7.04. The Kier molecular flexibility index (Phi) is 5.38. The molecule has 0 radical (unpaired) electrons. The quantitative estimate of drug-likeness (QED) is 0.866. The van der Waals surface area contributed by atoms with Gasteiger partial charge in [0, 0.05) is 19.2 Å². The topological polar surface area (TPSA) is 30.5 Å². The lowest BCUT2D eigenvalue weighted by Gasteiger charge is -2.18. The Morgan fingerprint density at radius 2 is 2.20 bits per heavy atom. The molecule has 1 fully saturated rings. The Labute approximate surface area is 120 Å². The van der Waals surface area contributed by atoms with Gasteiger partial charge in [-0.2, -0.15) is 0 Å². The van der Waals surface area contributed by atoms with Crippen LogP contribution in [-0.4, -0.2) is 25.4 Å². The van der Waals surface area contributed by atoms with Crippen LogP contribution in [0.1, 0.15) is 45.2 Å². The van der Waals surface area contributed by atoms with Gasteiger partial charge >= 0.3 is 0 Å². The van der Waals surface area contributed by atoms with Crippen LogP contribution in [0.4, 0.5) is 4.39 Å². The number of hydrogen-bond acceptors (Lipinski definition) is 3. The molecular weight excluding hydrogens is 257 g/mol. The first-order chi connectivity index (χ1) is 9.56. The first-order valence-corrected chi connectivity index (χ1v) is 7.37. The van der Waals surface area contributed by atoms with Gasteiger partial charge in [-0.1, -0.05) is 6.07 Å². The lowest BCUT2D eigenvalue weighted by Crippen LogP contribution is -2.28. The molecule has 1 aliphatic rings. The van der Waals surface area contributed by atoms with E-state index in [-0.39, 0.29) is 18.0 Å². The summed E-state index contributed by atoms with van der Waals surface area (Å²) >= 11 is 0. The standard InChI is InChI=1S/C16H24FNO2/c1-11(2)20-16-7-6-13(9-15(16)17)12(3)18-10-14-5-4-8-19-14/h6-7,9,11-12,14,18H,4-5,8,10H2,1-3H3/t12-,14-/m0/s1. The van der Waals surface area contributed by atoms with Gasteiger partial charge in [-0.3, -0.25) is 0 Å². The zero-order chi connectivity index (χ0) is 14.5. The Balaban J connectivity index is 1.92. The zero-order valence-electron chi connectivity index (χ0n) is 12.5. The van der Waals surface area contributed by atoms with Crippen molar-refractivity contribution in [2.45, 2.75) is 51.9 Å². The first-order valence-electron chi connectivity index (χ1n) is 7.37. The van der Waals surface area contributed by atoms with Crippen molar-refractivity contribution in [2.75, 3.05) is 13.2 Å². The summed E-state index contributed by atoms with van der Waals surface area (Å²) in [7, 11) is 0. The van der Waals surface area contributed by atoms with Crippen LogP contribution in [0, 0.1) is 5.82 Å². The van der Waals surface area contributed by atoms with Crippen molar-refractivity contribution in [1.29, 1.82) is 0 Å². The number of rotatable bonds is 6. The average molecular weight is 281 g/mol. The zero-order valence-corrected chi connectivity index (χ0v) is 12.5. The SMILES string of the molecule is CC(C)Oc1ccc([C@H](C)NC[C@@H]2CCCO2)cc1F.